The van der Waals surface area contributed by atoms with E-state index in [1.807, 2.05) is 30.0 Å². The molecule has 0 radical (unpaired) electrons. The molecule has 0 bridgehead atoms. The second kappa shape index (κ2) is 5.45. The molecule has 0 amide bonds. The Morgan fingerprint density at radius 2 is 2.11 bits per heavy atom. The first-order valence-electron chi connectivity index (χ1n) is 6.93. The Morgan fingerprint density at radius 3 is 2.89 bits per heavy atom. The van der Waals surface area contributed by atoms with Gasteiger partial charge in [0.05, 0.1) is 12.6 Å². The van der Waals surface area contributed by atoms with Crippen LogP contribution in [-0.4, -0.2) is 23.6 Å². The van der Waals surface area contributed by atoms with Gasteiger partial charge in [0, 0.05) is 17.5 Å². The van der Waals surface area contributed by atoms with Crippen LogP contribution < -0.4 is 10.1 Å². The summed E-state index contributed by atoms with van der Waals surface area (Å²) in [6, 6.07) is 8.02. The van der Waals surface area contributed by atoms with Crippen LogP contribution in [0.4, 0.5) is 5.69 Å². The number of rotatable bonds is 2. The summed E-state index contributed by atoms with van der Waals surface area (Å²) in [5, 5.41) is 4.49. The van der Waals surface area contributed by atoms with Crippen molar-refractivity contribution in [2.75, 3.05) is 18.2 Å². The van der Waals surface area contributed by atoms with E-state index in [2.05, 4.69) is 11.4 Å². The molecule has 102 valence electrons. The Morgan fingerprint density at radius 1 is 1.26 bits per heavy atom. The van der Waals surface area contributed by atoms with Crippen LogP contribution in [0.25, 0.3) is 0 Å². The summed E-state index contributed by atoms with van der Waals surface area (Å²) in [5.74, 6) is 2.01. The quantitative estimate of drug-likeness (QED) is 0.889. The molecule has 1 aliphatic carbocycles. The van der Waals surface area contributed by atoms with Gasteiger partial charge in [0.1, 0.15) is 5.75 Å². The van der Waals surface area contributed by atoms with Crippen molar-refractivity contribution in [3.05, 3.63) is 24.3 Å². The second-order valence-electron chi connectivity index (χ2n) is 5.35. The molecule has 19 heavy (non-hydrogen) atoms. The first-order valence-corrected chi connectivity index (χ1v) is 7.92. The molecule has 1 aromatic carbocycles. The maximum Gasteiger partial charge on any atom is 0.161 e. The van der Waals surface area contributed by atoms with E-state index in [1.54, 1.807) is 7.11 Å². The largest absolute Gasteiger partial charge is 0.497 e. The molecule has 0 saturated heterocycles. The molecule has 0 aromatic heterocycles. The summed E-state index contributed by atoms with van der Waals surface area (Å²) in [6.45, 7) is 0. The lowest BCUT2D eigenvalue weighted by Gasteiger charge is -2.29. The van der Waals surface area contributed by atoms with Crippen molar-refractivity contribution in [3.63, 3.8) is 0 Å². The van der Waals surface area contributed by atoms with Crippen LogP contribution in [0.3, 0.4) is 0 Å². The molecule has 3 rings (SSSR count). The highest BCUT2D eigenvalue weighted by atomic mass is 32.2. The molecule has 4 heteroatoms. The number of hydrogen-bond donors (Lipinski definition) is 1. The number of amidine groups is 1. The molecular formula is C15H20N2OS. The van der Waals surface area contributed by atoms with Gasteiger partial charge < -0.3 is 10.1 Å². The molecule has 1 aromatic rings. The zero-order chi connectivity index (χ0) is 13.1. The minimum absolute atomic E-state index is 0.226. The number of thioether (sulfide) groups is 1. The number of methoxy groups -OCH3 is 1. The maximum absolute atomic E-state index is 5.24. The number of ether oxygens (including phenoxy) is 1. The van der Waals surface area contributed by atoms with Gasteiger partial charge in [-0.2, -0.15) is 0 Å². The van der Waals surface area contributed by atoms with Crippen molar-refractivity contribution in [1.82, 2.24) is 0 Å². The van der Waals surface area contributed by atoms with Gasteiger partial charge in [-0.15, -0.1) is 0 Å². The minimum atomic E-state index is 0.226. The van der Waals surface area contributed by atoms with Crippen LogP contribution in [0.15, 0.2) is 29.3 Å². The van der Waals surface area contributed by atoms with Gasteiger partial charge in [-0.1, -0.05) is 37.1 Å². The van der Waals surface area contributed by atoms with Crippen molar-refractivity contribution >= 4 is 22.6 Å². The Kier molecular flexibility index (Phi) is 3.69. The summed E-state index contributed by atoms with van der Waals surface area (Å²) in [6.07, 6.45) is 6.54. The Hall–Kier alpha value is -1.16. The average molecular weight is 276 g/mol. The van der Waals surface area contributed by atoms with E-state index in [4.69, 9.17) is 9.73 Å². The van der Waals surface area contributed by atoms with E-state index in [0.717, 1.165) is 22.4 Å². The number of hydrogen-bond acceptors (Lipinski definition) is 4. The molecule has 1 fully saturated rings. The zero-order valence-corrected chi connectivity index (χ0v) is 12.1. The van der Waals surface area contributed by atoms with Gasteiger partial charge in [-0.3, -0.25) is 4.99 Å². The Bertz CT molecular complexity index is 481. The van der Waals surface area contributed by atoms with E-state index in [-0.39, 0.29) is 5.54 Å². The van der Waals surface area contributed by atoms with E-state index < -0.39 is 0 Å². The van der Waals surface area contributed by atoms with Gasteiger partial charge in [0.2, 0.25) is 0 Å². The van der Waals surface area contributed by atoms with E-state index in [0.29, 0.717) is 0 Å². The summed E-state index contributed by atoms with van der Waals surface area (Å²) < 4.78 is 5.24. The van der Waals surface area contributed by atoms with Gasteiger partial charge in [0.25, 0.3) is 0 Å². The summed E-state index contributed by atoms with van der Waals surface area (Å²) >= 11 is 1.85. The number of anilines is 1. The normalized spacial score (nSPS) is 21.2. The fourth-order valence-corrected chi connectivity index (χ4v) is 4.04. The summed E-state index contributed by atoms with van der Waals surface area (Å²) in [5.41, 5.74) is 1.28. The number of nitrogens with zero attached hydrogens (tertiary/aromatic N) is 1. The number of nitrogens with one attached hydrogen (secondary N) is 1. The van der Waals surface area contributed by atoms with Crippen molar-refractivity contribution in [3.8, 4) is 5.75 Å². The van der Waals surface area contributed by atoms with Crippen molar-refractivity contribution < 1.29 is 4.74 Å². The van der Waals surface area contributed by atoms with Crippen LogP contribution in [0, 0.1) is 0 Å². The number of benzene rings is 1. The van der Waals surface area contributed by atoms with E-state index in [1.165, 1.54) is 32.1 Å². The molecule has 0 atom stereocenters. The van der Waals surface area contributed by atoms with Gasteiger partial charge in [-0.25, -0.2) is 0 Å². The fourth-order valence-electron chi connectivity index (χ4n) is 2.84. The van der Waals surface area contributed by atoms with Gasteiger partial charge in [-0.05, 0) is 25.0 Å². The summed E-state index contributed by atoms with van der Waals surface area (Å²) in [4.78, 5) is 4.96. The zero-order valence-electron chi connectivity index (χ0n) is 11.3. The molecule has 1 spiro atoms. The molecular weight excluding hydrogens is 256 g/mol. The highest BCUT2D eigenvalue weighted by molar-refractivity contribution is 8.14. The van der Waals surface area contributed by atoms with Gasteiger partial charge in [0.15, 0.2) is 5.17 Å². The summed E-state index contributed by atoms with van der Waals surface area (Å²) in [7, 11) is 1.69. The average Bonchev–Trinajstić information content (AvgIpc) is 2.82. The van der Waals surface area contributed by atoms with Gasteiger partial charge >= 0.3 is 0 Å². The van der Waals surface area contributed by atoms with Crippen LogP contribution in [0.2, 0.25) is 0 Å². The molecule has 1 saturated carbocycles. The maximum atomic E-state index is 5.24. The second-order valence-corrected chi connectivity index (χ2v) is 6.31. The standard InChI is InChI=1S/C15H20N2OS/c1-18-13-7-5-6-12(10-13)16-14-17-15(11-19-14)8-3-2-4-9-15/h5-7,10H,2-4,8-9,11H2,1H3,(H,16,17). The van der Waals surface area contributed by atoms with Crippen molar-refractivity contribution in [1.29, 1.82) is 0 Å². The number of aliphatic imine (C=N–C) groups is 1. The topological polar surface area (TPSA) is 33.6 Å². The van der Waals surface area contributed by atoms with Crippen LogP contribution in [0.1, 0.15) is 32.1 Å². The van der Waals surface area contributed by atoms with Crippen LogP contribution >= 0.6 is 11.8 Å². The third-order valence-electron chi connectivity index (χ3n) is 3.92. The molecule has 1 N–H and O–H groups in total. The molecule has 3 nitrogen and oxygen atoms in total. The van der Waals surface area contributed by atoms with Crippen molar-refractivity contribution in [2.45, 2.75) is 37.6 Å². The van der Waals surface area contributed by atoms with E-state index in [9.17, 15) is 0 Å². The molecule has 0 unspecified atom stereocenters. The monoisotopic (exact) mass is 276 g/mol. The first kappa shape index (κ1) is 12.9. The minimum Gasteiger partial charge on any atom is -0.497 e. The predicted molar refractivity (Wildman–Crippen MR) is 82.3 cm³/mol. The Labute approximate surface area is 118 Å². The van der Waals surface area contributed by atoms with Crippen molar-refractivity contribution in [2.24, 2.45) is 4.99 Å². The van der Waals surface area contributed by atoms with E-state index >= 15 is 0 Å². The fraction of sp³-hybridized carbons (Fsp3) is 0.533. The predicted octanol–water partition coefficient (Wildman–Crippen LogP) is 3.91. The third-order valence-corrected chi connectivity index (χ3v) is 5.07. The highest BCUT2D eigenvalue weighted by Crippen LogP contribution is 2.39. The van der Waals surface area contributed by atoms with Crippen LogP contribution in [-0.2, 0) is 0 Å². The van der Waals surface area contributed by atoms with Crippen LogP contribution in [0.5, 0.6) is 5.75 Å². The molecule has 1 aliphatic heterocycles. The molecule has 1 heterocycles. The smallest absolute Gasteiger partial charge is 0.161 e. The highest BCUT2D eigenvalue weighted by Gasteiger charge is 2.36. The Balaban J connectivity index is 1.71. The first-order chi connectivity index (χ1) is 9.30. The lowest BCUT2D eigenvalue weighted by Crippen LogP contribution is -2.29. The lowest BCUT2D eigenvalue weighted by atomic mass is 9.84. The SMILES string of the molecule is COc1cccc(NC2=NC3(CCCCC3)CS2)c1. The lowest BCUT2D eigenvalue weighted by molar-refractivity contribution is 0.335. The third kappa shape index (κ3) is 2.89. The molecule has 2 aliphatic rings.